The van der Waals surface area contributed by atoms with E-state index in [1.807, 2.05) is 0 Å². The topological polar surface area (TPSA) is 92.4 Å². The molecule has 0 aliphatic carbocycles. The van der Waals surface area contributed by atoms with Crippen LogP contribution in [0.15, 0.2) is 29.8 Å². The summed E-state index contributed by atoms with van der Waals surface area (Å²) < 4.78 is 10.3. The number of carboxylic acids is 1. The molecule has 1 aromatic heterocycles. The number of rotatable bonds is 4. The number of benzene rings is 1. The van der Waals surface area contributed by atoms with Gasteiger partial charge in [-0.15, -0.1) is 0 Å². The molecule has 0 atom stereocenters. The van der Waals surface area contributed by atoms with Gasteiger partial charge in [-0.05, 0) is 30.3 Å². The predicted molar refractivity (Wildman–Crippen MR) is 76.1 cm³/mol. The highest BCUT2D eigenvalue weighted by Gasteiger charge is 2.11. The third-order valence-electron chi connectivity index (χ3n) is 2.86. The van der Waals surface area contributed by atoms with Crippen molar-refractivity contribution in [2.75, 3.05) is 14.2 Å². The van der Waals surface area contributed by atoms with E-state index in [0.29, 0.717) is 16.8 Å². The number of nitrogens with zero attached hydrogens (tertiary/aromatic N) is 2. The number of carboxylic acid groups (broad SMARTS) is 1. The van der Waals surface area contributed by atoms with Crippen molar-refractivity contribution < 1.29 is 19.4 Å². The highest BCUT2D eigenvalue weighted by molar-refractivity contribution is 5.97. The highest BCUT2D eigenvalue weighted by Crippen LogP contribution is 2.27. The molecular weight excluding hydrogens is 272 g/mol. The van der Waals surface area contributed by atoms with Gasteiger partial charge in [0.15, 0.2) is 0 Å². The number of hydrogen-bond acceptors (Lipinski definition) is 5. The Labute approximate surface area is 120 Å². The highest BCUT2D eigenvalue weighted by atomic mass is 16.5. The fourth-order valence-corrected chi connectivity index (χ4v) is 1.84. The maximum absolute atomic E-state index is 10.9. The number of fused-ring (bicyclic) bond motifs is 1. The zero-order valence-electron chi connectivity index (χ0n) is 11.5. The van der Waals surface area contributed by atoms with Crippen molar-refractivity contribution in [3.8, 4) is 17.7 Å². The first-order chi connectivity index (χ1) is 10.1. The van der Waals surface area contributed by atoms with E-state index >= 15 is 0 Å². The van der Waals surface area contributed by atoms with E-state index < -0.39 is 11.5 Å². The first-order valence-corrected chi connectivity index (χ1v) is 5.97. The summed E-state index contributed by atoms with van der Waals surface area (Å²) in [5.74, 6) is -0.393. The fraction of sp³-hybridized carbons (Fsp3) is 0.133. The molecule has 2 rings (SSSR count). The molecule has 106 valence electrons. The van der Waals surface area contributed by atoms with Crippen LogP contribution in [-0.2, 0) is 4.79 Å². The molecular formula is C15H12N2O4. The van der Waals surface area contributed by atoms with Crippen LogP contribution >= 0.6 is 0 Å². The Morgan fingerprint density at radius 3 is 2.67 bits per heavy atom. The number of hydrogen-bond donors (Lipinski definition) is 1. The van der Waals surface area contributed by atoms with Crippen LogP contribution in [0.25, 0.3) is 17.0 Å². The van der Waals surface area contributed by atoms with E-state index in [1.165, 1.54) is 13.2 Å². The lowest BCUT2D eigenvalue weighted by Gasteiger charge is -2.07. The van der Waals surface area contributed by atoms with Gasteiger partial charge < -0.3 is 14.6 Å². The SMILES string of the molecule is COc1ccc2nc(OC)c(C=C(C#N)C(=O)O)cc2c1. The van der Waals surface area contributed by atoms with E-state index in [9.17, 15) is 4.79 Å². The van der Waals surface area contributed by atoms with Crippen LogP contribution in [0.4, 0.5) is 0 Å². The summed E-state index contributed by atoms with van der Waals surface area (Å²) in [5.41, 5.74) is 0.702. The average Bonchev–Trinajstić information content (AvgIpc) is 2.50. The van der Waals surface area contributed by atoms with Crippen molar-refractivity contribution in [2.45, 2.75) is 0 Å². The molecule has 1 aromatic carbocycles. The summed E-state index contributed by atoms with van der Waals surface area (Å²) in [6.07, 6.45) is 1.23. The van der Waals surface area contributed by atoms with Crippen LogP contribution < -0.4 is 9.47 Å². The van der Waals surface area contributed by atoms with Crippen molar-refractivity contribution in [3.05, 3.63) is 35.4 Å². The first-order valence-electron chi connectivity index (χ1n) is 5.97. The largest absolute Gasteiger partial charge is 0.497 e. The maximum atomic E-state index is 10.9. The molecule has 0 saturated carbocycles. The summed E-state index contributed by atoms with van der Waals surface area (Å²) in [6, 6.07) is 8.63. The zero-order valence-corrected chi connectivity index (χ0v) is 11.5. The van der Waals surface area contributed by atoms with Crippen molar-refractivity contribution in [2.24, 2.45) is 0 Å². The lowest BCUT2D eigenvalue weighted by molar-refractivity contribution is -0.132. The van der Waals surface area contributed by atoms with Gasteiger partial charge in [0, 0.05) is 10.9 Å². The van der Waals surface area contributed by atoms with Crippen LogP contribution in [-0.4, -0.2) is 30.3 Å². The second-order valence-corrected chi connectivity index (χ2v) is 4.12. The molecule has 6 heteroatoms. The number of carbonyl (C=O) groups is 1. The van der Waals surface area contributed by atoms with Gasteiger partial charge in [-0.3, -0.25) is 0 Å². The summed E-state index contributed by atoms with van der Waals surface area (Å²) in [6.45, 7) is 0. The van der Waals surface area contributed by atoms with E-state index in [1.54, 1.807) is 37.4 Å². The van der Waals surface area contributed by atoms with Gasteiger partial charge in [-0.25, -0.2) is 9.78 Å². The minimum atomic E-state index is -1.30. The molecule has 0 amide bonds. The second-order valence-electron chi connectivity index (χ2n) is 4.12. The lowest BCUT2D eigenvalue weighted by atomic mass is 10.1. The molecule has 2 aromatic rings. The molecule has 1 N–H and O–H groups in total. The lowest BCUT2D eigenvalue weighted by Crippen LogP contribution is -1.99. The molecule has 0 spiro atoms. The van der Waals surface area contributed by atoms with E-state index in [2.05, 4.69) is 4.98 Å². The van der Waals surface area contributed by atoms with Crippen LogP contribution in [0, 0.1) is 11.3 Å². The van der Waals surface area contributed by atoms with Gasteiger partial charge in [-0.1, -0.05) is 0 Å². The normalized spacial score (nSPS) is 11.0. The standard InChI is InChI=1S/C15H12N2O4/c1-20-12-3-4-13-9(7-12)5-10(14(17-13)21-2)6-11(8-16)15(18)19/h3-7H,1-2H3,(H,18,19). The number of aliphatic carboxylic acids is 1. The molecule has 0 fully saturated rings. The van der Waals surface area contributed by atoms with Gasteiger partial charge in [0.2, 0.25) is 5.88 Å². The van der Waals surface area contributed by atoms with Gasteiger partial charge in [0.1, 0.15) is 17.4 Å². The van der Waals surface area contributed by atoms with E-state index in [0.717, 1.165) is 5.39 Å². The average molecular weight is 284 g/mol. The minimum Gasteiger partial charge on any atom is -0.497 e. The predicted octanol–water partition coefficient (Wildman–Crippen LogP) is 2.24. The van der Waals surface area contributed by atoms with E-state index in [4.69, 9.17) is 19.8 Å². The molecule has 0 saturated heterocycles. The molecule has 6 nitrogen and oxygen atoms in total. The van der Waals surface area contributed by atoms with Gasteiger partial charge >= 0.3 is 5.97 Å². The van der Waals surface area contributed by atoms with Gasteiger partial charge in [0.05, 0.1) is 19.7 Å². The molecule has 0 unspecified atom stereocenters. The molecule has 0 bridgehead atoms. The van der Waals surface area contributed by atoms with Crippen LogP contribution in [0.2, 0.25) is 0 Å². The molecule has 0 radical (unpaired) electrons. The van der Waals surface area contributed by atoms with Gasteiger partial charge in [-0.2, -0.15) is 5.26 Å². The summed E-state index contributed by atoms with van der Waals surface area (Å²) >= 11 is 0. The van der Waals surface area contributed by atoms with Crippen molar-refractivity contribution in [1.82, 2.24) is 4.98 Å². The number of nitriles is 1. The Balaban J connectivity index is 2.66. The van der Waals surface area contributed by atoms with E-state index in [-0.39, 0.29) is 5.88 Å². The summed E-state index contributed by atoms with van der Waals surface area (Å²) in [7, 11) is 2.99. The maximum Gasteiger partial charge on any atom is 0.346 e. The Bertz CT molecular complexity index is 775. The third kappa shape index (κ3) is 2.92. The smallest absolute Gasteiger partial charge is 0.346 e. The fourth-order valence-electron chi connectivity index (χ4n) is 1.84. The monoisotopic (exact) mass is 284 g/mol. The Kier molecular flexibility index (Phi) is 4.05. The first kappa shape index (κ1) is 14.3. The quantitative estimate of drug-likeness (QED) is 0.683. The van der Waals surface area contributed by atoms with Crippen molar-refractivity contribution in [1.29, 1.82) is 5.26 Å². The molecule has 0 aliphatic heterocycles. The van der Waals surface area contributed by atoms with Gasteiger partial charge in [0.25, 0.3) is 0 Å². The number of ether oxygens (including phenoxy) is 2. The van der Waals surface area contributed by atoms with Crippen LogP contribution in [0.1, 0.15) is 5.56 Å². The van der Waals surface area contributed by atoms with Crippen molar-refractivity contribution >= 4 is 22.9 Å². The molecule has 1 heterocycles. The summed E-state index contributed by atoms with van der Waals surface area (Å²) in [5, 5.41) is 18.5. The number of methoxy groups -OCH3 is 2. The summed E-state index contributed by atoms with van der Waals surface area (Å²) in [4.78, 5) is 15.2. The van der Waals surface area contributed by atoms with Crippen LogP contribution in [0.3, 0.4) is 0 Å². The number of pyridine rings is 1. The Hall–Kier alpha value is -3.07. The Morgan fingerprint density at radius 1 is 1.33 bits per heavy atom. The second kappa shape index (κ2) is 5.92. The Morgan fingerprint density at radius 2 is 2.10 bits per heavy atom. The van der Waals surface area contributed by atoms with Crippen LogP contribution in [0.5, 0.6) is 11.6 Å². The molecule has 21 heavy (non-hydrogen) atoms. The zero-order chi connectivity index (χ0) is 15.4. The van der Waals surface area contributed by atoms with Crippen molar-refractivity contribution in [3.63, 3.8) is 0 Å². The number of aromatic nitrogens is 1. The third-order valence-corrected chi connectivity index (χ3v) is 2.86. The minimum absolute atomic E-state index is 0.252. The molecule has 0 aliphatic rings.